The molecule has 3 heteroatoms. The fraction of sp³-hybridized carbons (Fsp3) is 0.647. The van der Waals surface area contributed by atoms with Gasteiger partial charge in [-0.25, -0.2) is 0 Å². The second-order valence-corrected chi connectivity index (χ2v) is 5.77. The Kier molecular flexibility index (Phi) is 7.82. The molecule has 0 aliphatic heterocycles. The Morgan fingerprint density at radius 3 is 2.55 bits per heavy atom. The van der Waals surface area contributed by atoms with Crippen LogP contribution in [-0.4, -0.2) is 12.7 Å². The third kappa shape index (κ3) is 5.23. The number of nitrogens with one attached hydrogen (secondary N) is 1. The van der Waals surface area contributed by atoms with E-state index in [1.165, 1.54) is 11.1 Å². The smallest absolute Gasteiger partial charge is 0.0782 e. The summed E-state index contributed by atoms with van der Waals surface area (Å²) in [7, 11) is 0. The van der Waals surface area contributed by atoms with E-state index in [1.54, 1.807) is 0 Å². The average molecular weight is 278 g/mol. The van der Waals surface area contributed by atoms with Crippen molar-refractivity contribution in [3.05, 3.63) is 35.4 Å². The van der Waals surface area contributed by atoms with E-state index in [0.29, 0.717) is 12.5 Å². The Hall–Kier alpha value is -0.900. The zero-order valence-electron chi connectivity index (χ0n) is 13.4. The van der Waals surface area contributed by atoms with E-state index in [2.05, 4.69) is 50.5 Å². The van der Waals surface area contributed by atoms with Gasteiger partial charge in [0.15, 0.2) is 0 Å². The number of rotatable bonds is 9. The van der Waals surface area contributed by atoms with Gasteiger partial charge in [0.25, 0.3) is 0 Å². The standard InChI is InChI=1S/C17H30N2O/c1-5-8-16(20-6-2)17(19-18)15-10-7-9-14(12-15)11-13(3)4/h7,9-10,12-13,16-17,19H,5-6,8,11,18H2,1-4H3. The molecule has 0 aliphatic carbocycles. The molecule has 0 heterocycles. The maximum absolute atomic E-state index is 5.87. The largest absolute Gasteiger partial charge is 0.376 e. The maximum Gasteiger partial charge on any atom is 0.0782 e. The van der Waals surface area contributed by atoms with E-state index >= 15 is 0 Å². The monoisotopic (exact) mass is 278 g/mol. The maximum atomic E-state index is 5.87. The van der Waals surface area contributed by atoms with Gasteiger partial charge in [-0.05, 0) is 36.8 Å². The normalized spacial score (nSPS) is 14.5. The highest BCUT2D eigenvalue weighted by Crippen LogP contribution is 2.23. The van der Waals surface area contributed by atoms with E-state index in [0.717, 1.165) is 19.3 Å². The van der Waals surface area contributed by atoms with Crippen molar-refractivity contribution in [3.63, 3.8) is 0 Å². The van der Waals surface area contributed by atoms with E-state index in [-0.39, 0.29) is 12.1 Å². The Morgan fingerprint density at radius 2 is 2.00 bits per heavy atom. The van der Waals surface area contributed by atoms with Crippen molar-refractivity contribution in [1.29, 1.82) is 0 Å². The number of ether oxygens (including phenoxy) is 1. The topological polar surface area (TPSA) is 47.3 Å². The van der Waals surface area contributed by atoms with Crippen LogP contribution in [0.1, 0.15) is 57.7 Å². The lowest BCUT2D eigenvalue weighted by Gasteiger charge is -2.27. The molecule has 0 radical (unpaired) electrons. The van der Waals surface area contributed by atoms with Gasteiger partial charge in [-0.2, -0.15) is 0 Å². The van der Waals surface area contributed by atoms with Crippen molar-refractivity contribution in [1.82, 2.24) is 5.43 Å². The average Bonchev–Trinajstić information content (AvgIpc) is 2.40. The first kappa shape index (κ1) is 17.2. The molecule has 1 aromatic carbocycles. The van der Waals surface area contributed by atoms with Crippen LogP contribution in [0.2, 0.25) is 0 Å². The molecule has 3 N–H and O–H groups in total. The van der Waals surface area contributed by atoms with Crippen LogP contribution >= 0.6 is 0 Å². The molecule has 0 spiro atoms. The van der Waals surface area contributed by atoms with Crippen LogP contribution in [0.3, 0.4) is 0 Å². The molecule has 3 nitrogen and oxygen atoms in total. The molecule has 0 amide bonds. The fourth-order valence-electron chi connectivity index (χ4n) is 2.65. The van der Waals surface area contributed by atoms with Crippen LogP contribution in [0.25, 0.3) is 0 Å². The van der Waals surface area contributed by atoms with Gasteiger partial charge in [0.05, 0.1) is 12.1 Å². The van der Waals surface area contributed by atoms with E-state index in [4.69, 9.17) is 10.6 Å². The Balaban J connectivity index is 2.91. The first-order valence-corrected chi connectivity index (χ1v) is 7.78. The second-order valence-electron chi connectivity index (χ2n) is 5.77. The van der Waals surface area contributed by atoms with Gasteiger partial charge >= 0.3 is 0 Å². The van der Waals surface area contributed by atoms with E-state index in [1.807, 2.05) is 6.92 Å². The molecule has 114 valence electrons. The van der Waals surface area contributed by atoms with Gasteiger partial charge < -0.3 is 4.74 Å². The molecule has 0 aliphatic rings. The number of benzene rings is 1. The highest BCUT2D eigenvalue weighted by atomic mass is 16.5. The Bertz CT molecular complexity index is 373. The molecule has 0 saturated carbocycles. The van der Waals surface area contributed by atoms with Crippen LogP contribution in [0.15, 0.2) is 24.3 Å². The van der Waals surface area contributed by atoms with Gasteiger partial charge in [-0.15, -0.1) is 0 Å². The molecule has 0 saturated heterocycles. The lowest BCUT2D eigenvalue weighted by molar-refractivity contribution is 0.0276. The van der Waals surface area contributed by atoms with Crippen molar-refractivity contribution in [3.8, 4) is 0 Å². The Labute approximate surface area is 123 Å². The summed E-state index contributed by atoms with van der Waals surface area (Å²) in [5, 5.41) is 0. The summed E-state index contributed by atoms with van der Waals surface area (Å²) in [6, 6.07) is 8.75. The van der Waals surface area contributed by atoms with Crippen molar-refractivity contribution in [2.45, 2.75) is 59.1 Å². The quantitative estimate of drug-likeness (QED) is 0.536. The van der Waals surface area contributed by atoms with Crippen molar-refractivity contribution >= 4 is 0 Å². The molecule has 0 bridgehead atoms. The zero-order valence-corrected chi connectivity index (χ0v) is 13.4. The van der Waals surface area contributed by atoms with Crippen LogP contribution in [0.4, 0.5) is 0 Å². The van der Waals surface area contributed by atoms with Crippen molar-refractivity contribution < 1.29 is 4.74 Å². The minimum absolute atomic E-state index is 0.0574. The number of hydrogen-bond donors (Lipinski definition) is 2. The fourth-order valence-corrected chi connectivity index (χ4v) is 2.65. The predicted molar refractivity (Wildman–Crippen MR) is 85.4 cm³/mol. The summed E-state index contributed by atoms with van der Waals surface area (Å²) in [6.45, 7) is 9.41. The van der Waals surface area contributed by atoms with Gasteiger partial charge in [0, 0.05) is 6.61 Å². The summed E-state index contributed by atoms with van der Waals surface area (Å²) in [5.74, 6) is 6.45. The van der Waals surface area contributed by atoms with Crippen LogP contribution in [0, 0.1) is 5.92 Å². The van der Waals surface area contributed by atoms with Crippen LogP contribution < -0.4 is 11.3 Å². The summed E-state index contributed by atoms with van der Waals surface area (Å²) in [5.41, 5.74) is 5.53. The minimum atomic E-state index is 0.0574. The first-order valence-electron chi connectivity index (χ1n) is 7.78. The third-order valence-electron chi connectivity index (χ3n) is 3.46. The van der Waals surface area contributed by atoms with Gasteiger partial charge in [0.1, 0.15) is 0 Å². The summed E-state index contributed by atoms with van der Waals surface area (Å²) < 4.78 is 5.87. The molecular formula is C17H30N2O. The lowest BCUT2D eigenvalue weighted by atomic mass is 9.94. The molecule has 2 unspecified atom stereocenters. The van der Waals surface area contributed by atoms with Gasteiger partial charge in [-0.3, -0.25) is 11.3 Å². The van der Waals surface area contributed by atoms with Crippen molar-refractivity contribution in [2.24, 2.45) is 11.8 Å². The predicted octanol–water partition coefficient (Wildman–Crippen LogP) is 3.59. The zero-order chi connectivity index (χ0) is 15.0. The molecular weight excluding hydrogens is 248 g/mol. The third-order valence-corrected chi connectivity index (χ3v) is 3.46. The van der Waals surface area contributed by atoms with Gasteiger partial charge in [0.2, 0.25) is 0 Å². The van der Waals surface area contributed by atoms with Gasteiger partial charge in [-0.1, -0.05) is 51.5 Å². The van der Waals surface area contributed by atoms with E-state index in [9.17, 15) is 0 Å². The molecule has 0 aromatic heterocycles. The van der Waals surface area contributed by atoms with E-state index < -0.39 is 0 Å². The molecule has 1 aromatic rings. The number of hydrogen-bond acceptors (Lipinski definition) is 3. The highest BCUT2D eigenvalue weighted by Gasteiger charge is 2.22. The second kappa shape index (κ2) is 9.11. The Morgan fingerprint density at radius 1 is 1.25 bits per heavy atom. The highest BCUT2D eigenvalue weighted by molar-refractivity contribution is 5.27. The SMILES string of the molecule is CCCC(OCC)C(NN)c1cccc(CC(C)C)c1. The molecule has 0 fully saturated rings. The van der Waals surface area contributed by atoms with Crippen molar-refractivity contribution in [2.75, 3.05) is 6.61 Å². The van der Waals surface area contributed by atoms with Crippen LogP contribution in [-0.2, 0) is 11.2 Å². The molecule has 2 atom stereocenters. The molecule has 1 rings (SSSR count). The molecule has 20 heavy (non-hydrogen) atoms. The number of nitrogens with two attached hydrogens (primary N) is 1. The summed E-state index contributed by atoms with van der Waals surface area (Å²) >= 11 is 0. The number of hydrazine groups is 1. The lowest BCUT2D eigenvalue weighted by Crippen LogP contribution is -2.38. The summed E-state index contributed by atoms with van der Waals surface area (Å²) in [6.07, 6.45) is 3.33. The first-order chi connectivity index (χ1) is 9.62. The minimum Gasteiger partial charge on any atom is -0.376 e. The summed E-state index contributed by atoms with van der Waals surface area (Å²) in [4.78, 5) is 0. The van der Waals surface area contributed by atoms with Crippen LogP contribution in [0.5, 0.6) is 0 Å².